The van der Waals surface area contributed by atoms with E-state index in [0.29, 0.717) is 0 Å². The van der Waals surface area contributed by atoms with Crippen molar-refractivity contribution in [2.75, 3.05) is 6.54 Å². The van der Waals surface area contributed by atoms with E-state index in [4.69, 9.17) is 0 Å². The van der Waals surface area contributed by atoms with Crippen LogP contribution in [0.15, 0.2) is 11.7 Å². The summed E-state index contributed by atoms with van der Waals surface area (Å²) in [5, 5.41) is 3.22. The van der Waals surface area contributed by atoms with Crippen molar-refractivity contribution in [1.82, 2.24) is 10.3 Å². The van der Waals surface area contributed by atoms with E-state index < -0.39 is 0 Å². The van der Waals surface area contributed by atoms with Crippen molar-refractivity contribution in [3.8, 4) is 0 Å². The van der Waals surface area contributed by atoms with E-state index in [-0.39, 0.29) is 12.4 Å². The SMILES string of the molecule is CCNCc1cncs1.Cl. The Kier molecular flexibility index (Phi) is 5.58. The monoisotopic (exact) mass is 178 g/mol. The van der Waals surface area contributed by atoms with E-state index in [1.54, 1.807) is 11.3 Å². The fourth-order valence-electron chi connectivity index (χ4n) is 0.578. The predicted molar refractivity (Wildman–Crippen MR) is 46.7 cm³/mol. The number of hydrogen-bond donors (Lipinski definition) is 1. The molecule has 0 aliphatic rings. The van der Waals surface area contributed by atoms with Crippen LogP contribution in [0.4, 0.5) is 0 Å². The lowest BCUT2D eigenvalue weighted by Crippen LogP contribution is -2.10. The molecule has 0 saturated heterocycles. The zero-order valence-corrected chi connectivity index (χ0v) is 7.47. The second kappa shape index (κ2) is 5.65. The van der Waals surface area contributed by atoms with E-state index >= 15 is 0 Å². The summed E-state index contributed by atoms with van der Waals surface area (Å²) in [5.41, 5.74) is 1.85. The Labute approximate surface area is 71.1 Å². The second-order valence-electron chi connectivity index (χ2n) is 1.75. The molecule has 0 aromatic carbocycles. The molecule has 0 aliphatic heterocycles. The first-order valence-corrected chi connectivity index (χ1v) is 3.89. The quantitative estimate of drug-likeness (QED) is 0.762. The topological polar surface area (TPSA) is 24.9 Å². The number of nitrogens with zero attached hydrogens (tertiary/aromatic N) is 1. The first kappa shape index (κ1) is 9.88. The third-order valence-electron chi connectivity index (χ3n) is 1.03. The van der Waals surface area contributed by atoms with Gasteiger partial charge in [-0.25, -0.2) is 0 Å². The Morgan fingerprint density at radius 3 is 3.00 bits per heavy atom. The molecule has 58 valence electrons. The van der Waals surface area contributed by atoms with Crippen molar-refractivity contribution in [3.05, 3.63) is 16.6 Å². The van der Waals surface area contributed by atoms with Gasteiger partial charge in [0.2, 0.25) is 0 Å². The van der Waals surface area contributed by atoms with Crippen LogP contribution in [0.1, 0.15) is 11.8 Å². The maximum absolute atomic E-state index is 3.95. The van der Waals surface area contributed by atoms with Gasteiger partial charge in [-0.05, 0) is 6.54 Å². The van der Waals surface area contributed by atoms with Gasteiger partial charge in [-0.2, -0.15) is 0 Å². The summed E-state index contributed by atoms with van der Waals surface area (Å²) in [6.07, 6.45) is 1.90. The van der Waals surface area contributed by atoms with Crippen LogP contribution in [0, 0.1) is 0 Å². The largest absolute Gasteiger partial charge is 0.312 e. The van der Waals surface area contributed by atoms with E-state index in [1.165, 1.54) is 4.88 Å². The van der Waals surface area contributed by atoms with Crippen molar-refractivity contribution in [2.45, 2.75) is 13.5 Å². The summed E-state index contributed by atoms with van der Waals surface area (Å²) in [4.78, 5) is 5.26. The predicted octanol–water partition coefficient (Wildman–Crippen LogP) is 1.67. The van der Waals surface area contributed by atoms with Gasteiger partial charge in [-0.1, -0.05) is 6.92 Å². The molecule has 0 bridgehead atoms. The Morgan fingerprint density at radius 1 is 1.70 bits per heavy atom. The van der Waals surface area contributed by atoms with Gasteiger partial charge in [0.15, 0.2) is 0 Å². The highest BCUT2D eigenvalue weighted by Crippen LogP contribution is 2.03. The molecule has 1 heterocycles. The number of hydrogen-bond acceptors (Lipinski definition) is 3. The zero-order chi connectivity index (χ0) is 6.53. The summed E-state index contributed by atoms with van der Waals surface area (Å²) in [6.45, 7) is 4.08. The molecule has 1 N–H and O–H groups in total. The highest BCUT2D eigenvalue weighted by Gasteiger charge is 1.89. The standard InChI is InChI=1S/C6H10N2S.ClH/c1-2-7-3-6-4-8-5-9-6;/h4-5,7H,2-3H2,1H3;1H. The van der Waals surface area contributed by atoms with Gasteiger partial charge in [0, 0.05) is 17.6 Å². The van der Waals surface area contributed by atoms with Crippen molar-refractivity contribution in [1.29, 1.82) is 0 Å². The number of nitrogens with one attached hydrogen (secondary N) is 1. The van der Waals surface area contributed by atoms with Crippen LogP contribution >= 0.6 is 23.7 Å². The zero-order valence-electron chi connectivity index (χ0n) is 5.83. The van der Waals surface area contributed by atoms with Crippen molar-refractivity contribution >= 4 is 23.7 Å². The van der Waals surface area contributed by atoms with E-state index in [0.717, 1.165) is 13.1 Å². The number of aromatic nitrogens is 1. The number of rotatable bonds is 3. The molecule has 4 heteroatoms. The summed E-state index contributed by atoms with van der Waals surface area (Å²) in [7, 11) is 0. The van der Waals surface area contributed by atoms with Gasteiger partial charge >= 0.3 is 0 Å². The maximum atomic E-state index is 3.95. The molecule has 10 heavy (non-hydrogen) atoms. The van der Waals surface area contributed by atoms with E-state index in [1.807, 2.05) is 11.7 Å². The smallest absolute Gasteiger partial charge is 0.0794 e. The van der Waals surface area contributed by atoms with E-state index in [2.05, 4.69) is 17.2 Å². The number of halogens is 1. The van der Waals surface area contributed by atoms with Crippen LogP contribution in [0.25, 0.3) is 0 Å². The van der Waals surface area contributed by atoms with Gasteiger partial charge in [0.05, 0.1) is 5.51 Å². The minimum absolute atomic E-state index is 0. The molecule has 0 radical (unpaired) electrons. The third-order valence-corrected chi connectivity index (χ3v) is 1.81. The lowest BCUT2D eigenvalue weighted by atomic mass is 10.5. The molecule has 0 amide bonds. The molecule has 1 rings (SSSR count). The van der Waals surface area contributed by atoms with E-state index in [9.17, 15) is 0 Å². The molecule has 0 unspecified atom stereocenters. The van der Waals surface area contributed by atoms with Gasteiger partial charge in [-0.15, -0.1) is 23.7 Å². The van der Waals surface area contributed by atoms with Gasteiger partial charge in [0.25, 0.3) is 0 Å². The summed E-state index contributed by atoms with van der Waals surface area (Å²) < 4.78 is 0. The van der Waals surface area contributed by atoms with Crippen molar-refractivity contribution in [3.63, 3.8) is 0 Å². The molecule has 0 saturated carbocycles. The Balaban J connectivity index is 0.000000810. The molecule has 0 aliphatic carbocycles. The maximum Gasteiger partial charge on any atom is 0.0794 e. The lowest BCUT2D eigenvalue weighted by molar-refractivity contribution is 0.734. The average Bonchev–Trinajstić information content (AvgIpc) is 2.34. The van der Waals surface area contributed by atoms with Crippen LogP contribution in [-0.4, -0.2) is 11.5 Å². The summed E-state index contributed by atoms with van der Waals surface area (Å²) >= 11 is 1.69. The molecule has 1 aromatic rings. The molecule has 0 fully saturated rings. The first-order chi connectivity index (χ1) is 4.43. The Morgan fingerprint density at radius 2 is 2.50 bits per heavy atom. The fourth-order valence-corrected chi connectivity index (χ4v) is 1.14. The van der Waals surface area contributed by atoms with Crippen molar-refractivity contribution in [2.24, 2.45) is 0 Å². The average molecular weight is 179 g/mol. The van der Waals surface area contributed by atoms with Crippen LogP contribution < -0.4 is 5.32 Å². The van der Waals surface area contributed by atoms with Gasteiger partial charge < -0.3 is 5.32 Å². The minimum Gasteiger partial charge on any atom is -0.312 e. The normalized spacial score (nSPS) is 8.90. The third kappa shape index (κ3) is 3.15. The van der Waals surface area contributed by atoms with Gasteiger partial charge in [-0.3, -0.25) is 4.98 Å². The number of thiazole rings is 1. The Bertz CT molecular complexity index is 153. The fraction of sp³-hybridized carbons (Fsp3) is 0.500. The molecule has 0 atom stereocenters. The van der Waals surface area contributed by atoms with Gasteiger partial charge in [0.1, 0.15) is 0 Å². The highest BCUT2D eigenvalue weighted by molar-refractivity contribution is 7.09. The minimum atomic E-state index is 0. The van der Waals surface area contributed by atoms with Crippen LogP contribution in [0.3, 0.4) is 0 Å². The van der Waals surface area contributed by atoms with Crippen molar-refractivity contribution < 1.29 is 0 Å². The summed E-state index contributed by atoms with van der Waals surface area (Å²) in [6, 6.07) is 0. The molecular weight excluding hydrogens is 168 g/mol. The molecule has 1 aromatic heterocycles. The van der Waals surface area contributed by atoms with Crippen LogP contribution in [-0.2, 0) is 6.54 Å². The highest BCUT2D eigenvalue weighted by atomic mass is 35.5. The van der Waals surface area contributed by atoms with Crippen LogP contribution in [0.5, 0.6) is 0 Å². The lowest BCUT2D eigenvalue weighted by Gasteiger charge is -1.93. The Hall–Kier alpha value is -0.120. The second-order valence-corrected chi connectivity index (χ2v) is 2.72. The summed E-state index contributed by atoms with van der Waals surface area (Å²) in [5.74, 6) is 0. The molecule has 2 nitrogen and oxygen atoms in total. The molecular formula is C6H11ClN2S. The molecule has 0 spiro atoms. The first-order valence-electron chi connectivity index (χ1n) is 3.01. The van der Waals surface area contributed by atoms with Crippen LogP contribution in [0.2, 0.25) is 0 Å².